The van der Waals surface area contributed by atoms with E-state index >= 15 is 0 Å². The van der Waals surface area contributed by atoms with Crippen molar-refractivity contribution >= 4 is 21.6 Å². The summed E-state index contributed by atoms with van der Waals surface area (Å²) in [5.41, 5.74) is 2.33. The van der Waals surface area contributed by atoms with Crippen molar-refractivity contribution in [3.8, 4) is 11.5 Å². The molecule has 0 saturated heterocycles. The lowest BCUT2D eigenvalue weighted by molar-refractivity contribution is -0.122. The van der Waals surface area contributed by atoms with E-state index in [0.29, 0.717) is 36.8 Å². The van der Waals surface area contributed by atoms with Gasteiger partial charge in [0.1, 0.15) is 19.3 Å². The van der Waals surface area contributed by atoms with Gasteiger partial charge in [0.2, 0.25) is 15.9 Å². The van der Waals surface area contributed by atoms with Crippen molar-refractivity contribution in [1.29, 1.82) is 0 Å². The Morgan fingerprint density at radius 1 is 1.10 bits per heavy atom. The smallest absolute Gasteiger partial charge is 0.244 e. The highest BCUT2D eigenvalue weighted by Gasteiger charge is 2.32. The number of aryl methyl sites for hydroxylation is 1. The Morgan fingerprint density at radius 3 is 2.33 bits per heavy atom. The number of hydrogen-bond donors (Lipinski definition) is 1. The van der Waals surface area contributed by atoms with Crippen LogP contribution in [0.4, 0.5) is 5.69 Å². The molecule has 0 aliphatic carbocycles. The van der Waals surface area contributed by atoms with Crippen molar-refractivity contribution in [3.05, 3.63) is 53.6 Å². The quantitative estimate of drug-likeness (QED) is 0.726. The van der Waals surface area contributed by atoms with Crippen LogP contribution < -0.4 is 19.1 Å². The van der Waals surface area contributed by atoms with Crippen molar-refractivity contribution in [2.45, 2.75) is 39.3 Å². The Hall–Kier alpha value is -2.74. The number of nitrogens with zero attached hydrogens (tertiary/aromatic N) is 1. The summed E-state index contributed by atoms with van der Waals surface area (Å²) >= 11 is 0. The van der Waals surface area contributed by atoms with Gasteiger partial charge in [-0.1, -0.05) is 30.7 Å². The van der Waals surface area contributed by atoms with E-state index < -0.39 is 16.1 Å². The van der Waals surface area contributed by atoms with E-state index in [1.54, 1.807) is 19.1 Å². The maximum absolute atomic E-state index is 13.1. The molecule has 8 heteroatoms. The topological polar surface area (TPSA) is 84.9 Å². The van der Waals surface area contributed by atoms with Crippen LogP contribution in [0.3, 0.4) is 0 Å². The number of fused-ring (bicyclic) bond motifs is 1. The van der Waals surface area contributed by atoms with Crippen LogP contribution in [0.1, 0.15) is 37.4 Å². The lowest BCUT2D eigenvalue weighted by Crippen LogP contribution is -2.49. The molecule has 7 nitrogen and oxygen atoms in total. The molecule has 2 aromatic carbocycles. The van der Waals surface area contributed by atoms with Crippen LogP contribution in [0.5, 0.6) is 11.5 Å². The highest BCUT2D eigenvalue weighted by atomic mass is 32.2. The van der Waals surface area contributed by atoms with Crippen LogP contribution in [0.15, 0.2) is 42.5 Å². The molecule has 3 rings (SSSR count). The second kappa shape index (κ2) is 8.95. The van der Waals surface area contributed by atoms with Crippen molar-refractivity contribution in [2.75, 3.05) is 23.8 Å². The van der Waals surface area contributed by atoms with Crippen LogP contribution in [0, 0.1) is 6.92 Å². The fourth-order valence-electron chi connectivity index (χ4n) is 3.47. The molecule has 0 fully saturated rings. The number of carbonyl (C=O) groups is 1. The van der Waals surface area contributed by atoms with E-state index in [0.717, 1.165) is 17.4 Å². The summed E-state index contributed by atoms with van der Waals surface area (Å²) in [6, 6.07) is 11.4. The first-order chi connectivity index (χ1) is 14.2. The lowest BCUT2D eigenvalue weighted by Gasteiger charge is -2.31. The Balaban J connectivity index is 1.82. The Bertz CT molecular complexity index is 1000. The molecule has 2 atom stereocenters. The number of hydrogen-bond acceptors (Lipinski definition) is 5. The van der Waals surface area contributed by atoms with Crippen LogP contribution in [0.2, 0.25) is 0 Å². The van der Waals surface area contributed by atoms with Crippen molar-refractivity contribution in [3.63, 3.8) is 0 Å². The Kier molecular flexibility index (Phi) is 6.55. The summed E-state index contributed by atoms with van der Waals surface area (Å²) in [5.74, 6) is 0.966. The molecule has 1 aliphatic heterocycles. The minimum absolute atomic E-state index is 0.332. The molecule has 0 radical (unpaired) electrons. The van der Waals surface area contributed by atoms with E-state index in [4.69, 9.17) is 9.47 Å². The monoisotopic (exact) mass is 432 g/mol. The first kappa shape index (κ1) is 22.0. The number of nitrogens with one attached hydrogen (secondary N) is 1. The summed E-state index contributed by atoms with van der Waals surface area (Å²) in [6.45, 7) is 6.57. The number of amides is 1. The Labute approximate surface area is 178 Å². The van der Waals surface area contributed by atoms with Gasteiger partial charge in [-0.05, 0) is 50.1 Å². The Morgan fingerprint density at radius 2 is 1.73 bits per heavy atom. The van der Waals surface area contributed by atoms with E-state index in [9.17, 15) is 13.2 Å². The highest BCUT2D eigenvalue weighted by molar-refractivity contribution is 7.92. The summed E-state index contributed by atoms with van der Waals surface area (Å²) in [4.78, 5) is 13.1. The minimum atomic E-state index is -3.66. The summed E-state index contributed by atoms with van der Waals surface area (Å²) in [6.07, 6.45) is 1.45. The van der Waals surface area contributed by atoms with Gasteiger partial charge in [-0.2, -0.15) is 0 Å². The predicted octanol–water partition coefficient (Wildman–Crippen LogP) is 3.19. The number of ether oxygens (including phenoxy) is 2. The molecular weight excluding hydrogens is 404 g/mol. The fraction of sp³-hybridized carbons (Fsp3) is 0.409. The van der Waals surface area contributed by atoms with Gasteiger partial charge >= 0.3 is 0 Å². The molecule has 1 heterocycles. The second-order valence-corrected chi connectivity index (χ2v) is 9.31. The fourth-order valence-corrected chi connectivity index (χ4v) is 4.69. The molecule has 0 spiro atoms. The molecule has 1 aliphatic rings. The van der Waals surface area contributed by atoms with E-state index in [-0.39, 0.29) is 11.9 Å². The number of anilines is 1. The molecule has 0 aromatic heterocycles. The van der Waals surface area contributed by atoms with Crippen molar-refractivity contribution in [1.82, 2.24) is 5.32 Å². The average molecular weight is 433 g/mol. The number of benzene rings is 2. The third-order valence-corrected chi connectivity index (χ3v) is 6.22. The summed E-state index contributed by atoms with van der Waals surface area (Å²) in [7, 11) is -3.66. The average Bonchev–Trinajstić information content (AvgIpc) is 2.71. The molecule has 162 valence electrons. The third kappa shape index (κ3) is 4.87. The van der Waals surface area contributed by atoms with Gasteiger partial charge in [0.05, 0.1) is 18.0 Å². The second-order valence-electron chi connectivity index (χ2n) is 7.45. The van der Waals surface area contributed by atoms with E-state index in [1.807, 2.05) is 44.2 Å². The van der Waals surface area contributed by atoms with Crippen molar-refractivity contribution < 1.29 is 22.7 Å². The normalized spacial score (nSPS) is 15.2. The maximum atomic E-state index is 13.1. The van der Waals surface area contributed by atoms with Gasteiger partial charge in [0.15, 0.2) is 11.5 Å². The zero-order chi connectivity index (χ0) is 21.9. The van der Waals surface area contributed by atoms with Gasteiger partial charge in [0.25, 0.3) is 0 Å². The van der Waals surface area contributed by atoms with E-state index in [1.165, 1.54) is 4.31 Å². The van der Waals surface area contributed by atoms with Crippen LogP contribution >= 0.6 is 0 Å². The molecular formula is C22H28N2O5S. The summed E-state index contributed by atoms with van der Waals surface area (Å²) in [5, 5.41) is 2.95. The molecule has 0 bridgehead atoms. The zero-order valence-electron chi connectivity index (χ0n) is 17.7. The SMILES string of the molecule is CC[C@H](C(=O)N[C@H](C)c1ccc2c(c1)OCCO2)N(c1ccc(C)cc1)S(C)(=O)=O. The number of carbonyl (C=O) groups excluding carboxylic acids is 1. The third-order valence-electron chi connectivity index (χ3n) is 5.04. The van der Waals surface area contributed by atoms with Gasteiger partial charge in [-0.3, -0.25) is 9.10 Å². The van der Waals surface area contributed by atoms with Crippen LogP contribution in [-0.4, -0.2) is 39.8 Å². The first-order valence-electron chi connectivity index (χ1n) is 9.96. The standard InChI is InChI=1S/C22H28N2O5S/c1-5-19(24(30(4,26)27)18-9-6-15(2)7-10-18)22(25)23-16(3)17-8-11-20-21(14-17)29-13-12-28-20/h6-11,14,16,19H,5,12-13H2,1-4H3,(H,23,25)/t16-,19-/m1/s1. The predicted molar refractivity (Wildman–Crippen MR) is 117 cm³/mol. The molecule has 0 unspecified atom stereocenters. The molecule has 2 aromatic rings. The van der Waals surface area contributed by atoms with Gasteiger partial charge < -0.3 is 14.8 Å². The van der Waals surface area contributed by atoms with E-state index in [2.05, 4.69) is 5.32 Å². The molecule has 1 amide bonds. The molecule has 30 heavy (non-hydrogen) atoms. The largest absolute Gasteiger partial charge is 0.486 e. The highest BCUT2D eigenvalue weighted by Crippen LogP contribution is 2.32. The first-order valence-corrected chi connectivity index (χ1v) is 11.8. The van der Waals surface area contributed by atoms with Gasteiger partial charge in [-0.15, -0.1) is 0 Å². The minimum Gasteiger partial charge on any atom is -0.486 e. The van der Waals surface area contributed by atoms with Crippen LogP contribution in [0.25, 0.3) is 0 Å². The van der Waals surface area contributed by atoms with Gasteiger partial charge in [-0.25, -0.2) is 8.42 Å². The summed E-state index contributed by atoms with van der Waals surface area (Å²) < 4.78 is 37.4. The molecule has 1 N–H and O–H groups in total. The van der Waals surface area contributed by atoms with Crippen molar-refractivity contribution in [2.24, 2.45) is 0 Å². The zero-order valence-corrected chi connectivity index (χ0v) is 18.5. The van der Waals surface area contributed by atoms with Crippen LogP contribution in [-0.2, 0) is 14.8 Å². The maximum Gasteiger partial charge on any atom is 0.244 e. The lowest BCUT2D eigenvalue weighted by atomic mass is 10.1. The molecule has 0 saturated carbocycles. The number of rotatable bonds is 7. The van der Waals surface area contributed by atoms with Gasteiger partial charge in [0, 0.05) is 0 Å². The number of sulfonamides is 1.